The van der Waals surface area contributed by atoms with Crippen molar-refractivity contribution in [2.75, 3.05) is 13.2 Å². The molecule has 0 unspecified atom stereocenters. The maximum absolute atomic E-state index is 12.1. The average molecular weight is 330 g/mol. The first kappa shape index (κ1) is 22.4. The summed E-state index contributed by atoms with van der Waals surface area (Å²) < 4.78 is 0. The molecule has 0 saturated heterocycles. The highest BCUT2D eigenvalue weighted by Crippen LogP contribution is 2.20. The third-order valence-electron chi connectivity index (χ3n) is 4.77. The summed E-state index contributed by atoms with van der Waals surface area (Å²) in [6.45, 7) is 4.29. The smallest absolute Gasteiger partial charge is 0.220 e. The van der Waals surface area contributed by atoms with E-state index in [1.807, 2.05) is 6.92 Å². The second kappa shape index (κ2) is 14.9. The highest BCUT2D eigenvalue weighted by molar-refractivity contribution is 5.76. The number of hydrogen-bond acceptors (Lipinski definition) is 3. The van der Waals surface area contributed by atoms with Crippen molar-refractivity contribution in [3.8, 4) is 0 Å². The average Bonchev–Trinajstić information content (AvgIpc) is 2.53. The van der Waals surface area contributed by atoms with Gasteiger partial charge in [-0.25, -0.2) is 0 Å². The van der Waals surface area contributed by atoms with Gasteiger partial charge in [-0.3, -0.25) is 4.79 Å². The Kier molecular flexibility index (Phi) is 14.6. The van der Waals surface area contributed by atoms with Gasteiger partial charge in [0.15, 0.2) is 0 Å². The van der Waals surface area contributed by atoms with Crippen LogP contribution in [0.1, 0.15) is 97.3 Å². The molecule has 0 aromatic rings. The van der Waals surface area contributed by atoms with Crippen LogP contribution in [0.4, 0.5) is 0 Å². The summed E-state index contributed by atoms with van der Waals surface area (Å²) in [6.07, 6.45) is 13.5. The molecule has 0 rings (SSSR count). The van der Waals surface area contributed by atoms with Crippen molar-refractivity contribution in [1.29, 1.82) is 0 Å². The Hall–Kier alpha value is -0.610. The van der Waals surface area contributed by atoms with Gasteiger partial charge in [-0.1, -0.05) is 65.2 Å². The lowest BCUT2D eigenvalue weighted by atomic mass is 9.88. The number of amides is 1. The van der Waals surface area contributed by atoms with Crippen LogP contribution in [0.25, 0.3) is 0 Å². The zero-order chi connectivity index (χ0) is 17.4. The van der Waals surface area contributed by atoms with Crippen LogP contribution < -0.4 is 5.32 Å². The van der Waals surface area contributed by atoms with E-state index in [0.717, 1.165) is 19.3 Å². The van der Waals surface area contributed by atoms with Gasteiger partial charge >= 0.3 is 0 Å². The Balaban J connectivity index is 3.79. The van der Waals surface area contributed by atoms with E-state index >= 15 is 0 Å². The summed E-state index contributed by atoms with van der Waals surface area (Å²) in [7, 11) is 0. The van der Waals surface area contributed by atoms with Gasteiger partial charge in [0.25, 0.3) is 0 Å². The van der Waals surface area contributed by atoms with Gasteiger partial charge in [0, 0.05) is 25.2 Å². The summed E-state index contributed by atoms with van der Waals surface area (Å²) in [5.41, 5.74) is -0.445. The molecule has 4 nitrogen and oxygen atoms in total. The van der Waals surface area contributed by atoms with Crippen LogP contribution in [-0.4, -0.2) is 34.9 Å². The van der Waals surface area contributed by atoms with Gasteiger partial charge in [0.1, 0.15) is 0 Å². The van der Waals surface area contributed by atoms with Crippen molar-refractivity contribution >= 4 is 5.91 Å². The first-order valence-electron chi connectivity index (χ1n) is 9.67. The van der Waals surface area contributed by atoms with Crippen molar-refractivity contribution in [1.82, 2.24) is 5.32 Å². The minimum atomic E-state index is -0.445. The molecule has 0 aliphatic carbocycles. The predicted octanol–water partition coefficient (Wildman–Crippen LogP) is 3.94. The molecule has 0 saturated carbocycles. The molecule has 0 fully saturated rings. The second-order valence-electron chi connectivity index (χ2n) is 6.71. The van der Waals surface area contributed by atoms with Gasteiger partial charge in [-0.2, -0.15) is 0 Å². The topological polar surface area (TPSA) is 69.6 Å². The molecule has 23 heavy (non-hydrogen) atoms. The highest BCUT2D eigenvalue weighted by atomic mass is 16.3. The molecule has 4 heteroatoms. The van der Waals surface area contributed by atoms with E-state index in [0.29, 0.717) is 19.3 Å². The Morgan fingerprint density at radius 2 is 1.30 bits per heavy atom. The van der Waals surface area contributed by atoms with Gasteiger partial charge in [0.2, 0.25) is 5.91 Å². The van der Waals surface area contributed by atoms with E-state index in [-0.39, 0.29) is 19.1 Å². The van der Waals surface area contributed by atoms with Crippen molar-refractivity contribution in [3.05, 3.63) is 0 Å². The van der Waals surface area contributed by atoms with E-state index in [9.17, 15) is 15.0 Å². The highest BCUT2D eigenvalue weighted by Gasteiger charge is 2.28. The first-order valence-corrected chi connectivity index (χ1v) is 9.67. The van der Waals surface area contributed by atoms with E-state index in [2.05, 4.69) is 12.2 Å². The molecular formula is C19H39NO3. The Morgan fingerprint density at radius 1 is 0.826 bits per heavy atom. The Morgan fingerprint density at radius 3 is 1.74 bits per heavy atom. The molecule has 138 valence electrons. The number of carbonyl (C=O) groups excluding carboxylic acids is 1. The zero-order valence-corrected chi connectivity index (χ0v) is 15.4. The lowest BCUT2D eigenvalue weighted by molar-refractivity contribution is -0.123. The van der Waals surface area contributed by atoms with Crippen LogP contribution in [0.2, 0.25) is 0 Å². The number of nitrogens with one attached hydrogen (secondary N) is 1. The summed E-state index contributed by atoms with van der Waals surface area (Å²) >= 11 is 0. The van der Waals surface area contributed by atoms with Gasteiger partial charge in [-0.15, -0.1) is 0 Å². The molecule has 1 amide bonds. The number of aliphatic hydroxyl groups excluding tert-OH is 2. The molecule has 0 aliphatic heterocycles. The van der Waals surface area contributed by atoms with Crippen LogP contribution in [0.15, 0.2) is 0 Å². The maximum atomic E-state index is 12.1. The van der Waals surface area contributed by atoms with Crippen LogP contribution in [0.3, 0.4) is 0 Å². The summed E-state index contributed by atoms with van der Waals surface area (Å²) in [5.74, 6) is 0.0525. The van der Waals surface area contributed by atoms with Crippen LogP contribution in [-0.2, 0) is 4.79 Å². The standard InChI is InChI=1S/C19H39NO3/c1-3-5-6-7-8-9-10-11-12-13-18(23)20-19(4-2,14-16-21)15-17-22/h21-22H,3-17H2,1-2H3,(H,20,23). The fraction of sp³-hybridized carbons (Fsp3) is 0.947. The number of rotatable bonds is 16. The van der Waals surface area contributed by atoms with Gasteiger partial charge in [-0.05, 0) is 25.7 Å². The fourth-order valence-electron chi connectivity index (χ4n) is 3.07. The minimum Gasteiger partial charge on any atom is -0.396 e. The van der Waals surface area contributed by atoms with E-state index in [1.165, 1.54) is 44.9 Å². The van der Waals surface area contributed by atoms with Crippen molar-refractivity contribution in [2.45, 2.75) is 103 Å². The van der Waals surface area contributed by atoms with Crippen LogP contribution >= 0.6 is 0 Å². The zero-order valence-electron chi connectivity index (χ0n) is 15.4. The molecule has 0 atom stereocenters. The van der Waals surface area contributed by atoms with Crippen molar-refractivity contribution in [3.63, 3.8) is 0 Å². The molecule has 0 aromatic carbocycles. The van der Waals surface area contributed by atoms with Crippen molar-refractivity contribution < 1.29 is 15.0 Å². The monoisotopic (exact) mass is 329 g/mol. The number of aliphatic hydroxyl groups is 2. The molecular weight excluding hydrogens is 290 g/mol. The predicted molar refractivity (Wildman–Crippen MR) is 96.4 cm³/mol. The first-order chi connectivity index (χ1) is 11.1. The molecule has 3 N–H and O–H groups in total. The molecule has 0 aliphatic rings. The maximum Gasteiger partial charge on any atom is 0.220 e. The normalized spacial score (nSPS) is 11.7. The molecule has 0 radical (unpaired) electrons. The quantitative estimate of drug-likeness (QED) is 0.376. The fourth-order valence-corrected chi connectivity index (χ4v) is 3.07. The Labute approximate surface area is 143 Å². The summed E-state index contributed by atoms with van der Waals surface area (Å²) in [6, 6.07) is 0. The van der Waals surface area contributed by atoms with E-state index < -0.39 is 5.54 Å². The summed E-state index contributed by atoms with van der Waals surface area (Å²) in [5, 5.41) is 21.4. The molecule has 0 aromatic heterocycles. The number of carbonyl (C=O) groups is 1. The largest absolute Gasteiger partial charge is 0.396 e. The third-order valence-corrected chi connectivity index (χ3v) is 4.77. The number of unbranched alkanes of at least 4 members (excludes halogenated alkanes) is 8. The van der Waals surface area contributed by atoms with E-state index in [4.69, 9.17) is 0 Å². The van der Waals surface area contributed by atoms with E-state index in [1.54, 1.807) is 0 Å². The van der Waals surface area contributed by atoms with Crippen LogP contribution in [0.5, 0.6) is 0 Å². The second-order valence-corrected chi connectivity index (χ2v) is 6.71. The minimum absolute atomic E-state index is 0.0339. The van der Waals surface area contributed by atoms with Crippen molar-refractivity contribution in [2.24, 2.45) is 0 Å². The SMILES string of the molecule is CCCCCCCCCCCC(=O)NC(CC)(CCO)CCO. The number of hydrogen-bond donors (Lipinski definition) is 3. The lowest BCUT2D eigenvalue weighted by Gasteiger charge is -2.33. The molecule has 0 spiro atoms. The van der Waals surface area contributed by atoms with Gasteiger partial charge < -0.3 is 15.5 Å². The lowest BCUT2D eigenvalue weighted by Crippen LogP contribution is -2.49. The Bertz CT molecular complexity index is 276. The molecule has 0 bridgehead atoms. The molecule has 0 heterocycles. The summed E-state index contributed by atoms with van der Waals surface area (Å²) in [4.78, 5) is 12.1. The van der Waals surface area contributed by atoms with Crippen LogP contribution in [0, 0.1) is 0 Å². The van der Waals surface area contributed by atoms with Gasteiger partial charge in [0.05, 0.1) is 0 Å². The third kappa shape index (κ3) is 11.5.